The fourth-order valence-electron chi connectivity index (χ4n) is 6.41. The van der Waals surface area contributed by atoms with Crippen molar-refractivity contribution in [3.8, 4) is 23.3 Å². The second kappa shape index (κ2) is 8.21. The standard InChI is InChI=1S/C29H23N5O6/c1-28-11-12-29(40-28,13-14-39-25-19-8-7-16(34(37)38)15-21(19)31-32-25)24-23(28)26(35)33(27(24)36)22-10-9-20(30-2)17-5-3-4-6-18(17)22/h3-10,15,35-36H,11-14H2,1H3,(H,31,32). The Kier molecular flexibility index (Phi) is 4.92. The van der Waals surface area contributed by atoms with Gasteiger partial charge in [0.15, 0.2) is 5.69 Å². The number of nitrogens with zero attached hydrogens (tertiary/aromatic N) is 4. The number of benzene rings is 3. The molecule has 5 aromatic rings. The average molecular weight is 538 g/mol. The van der Waals surface area contributed by atoms with E-state index in [0.717, 1.165) is 10.8 Å². The van der Waals surface area contributed by atoms with E-state index in [1.165, 1.54) is 16.7 Å². The van der Waals surface area contributed by atoms with Crippen LogP contribution in [-0.2, 0) is 15.9 Å². The summed E-state index contributed by atoms with van der Waals surface area (Å²) in [5.74, 6) is 0.128. The van der Waals surface area contributed by atoms with Crippen molar-refractivity contribution in [1.82, 2.24) is 14.8 Å². The van der Waals surface area contributed by atoms with Gasteiger partial charge >= 0.3 is 0 Å². The molecular weight excluding hydrogens is 514 g/mol. The van der Waals surface area contributed by atoms with Crippen molar-refractivity contribution in [3.63, 3.8) is 0 Å². The molecule has 2 atom stereocenters. The zero-order valence-corrected chi connectivity index (χ0v) is 21.3. The number of fused-ring (bicyclic) bond motifs is 7. The van der Waals surface area contributed by atoms with Crippen molar-refractivity contribution in [2.45, 2.75) is 37.4 Å². The van der Waals surface area contributed by atoms with E-state index in [9.17, 15) is 20.3 Å². The Bertz CT molecular complexity index is 1920. The predicted octanol–water partition coefficient (Wildman–Crippen LogP) is 6.08. The van der Waals surface area contributed by atoms with Gasteiger partial charge in [-0.15, -0.1) is 5.10 Å². The molecule has 1 saturated heterocycles. The first kappa shape index (κ1) is 24.0. The van der Waals surface area contributed by atoms with Gasteiger partial charge in [-0.1, -0.05) is 30.3 Å². The van der Waals surface area contributed by atoms with Crippen molar-refractivity contribution in [3.05, 3.63) is 87.3 Å². The van der Waals surface area contributed by atoms with Crippen LogP contribution in [0.3, 0.4) is 0 Å². The van der Waals surface area contributed by atoms with E-state index in [1.807, 2.05) is 31.2 Å². The molecule has 3 aromatic carbocycles. The molecule has 4 heterocycles. The molecule has 0 aliphatic carbocycles. The van der Waals surface area contributed by atoms with Gasteiger partial charge in [0.1, 0.15) is 5.60 Å². The minimum Gasteiger partial charge on any atom is -0.494 e. The van der Waals surface area contributed by atoms with Crippen LogP contribution in [0.5, 0.6) is 17.6 Å². The van der Waals surface area contributed by atoms with Gasteiger partial charge in [0, 0.05) is 18.6 Å². The number of hydrogen-bond donors (Lipinski definition) is 3. The molecule has 2 aliphatic heterocycles. The molecule has 0 saturated carbocycles. The molecule has 2 aromatic heterocycles. The number of aromatic amines is 1. The lowest BCUT2D eigenvalue weighted by Gasteiger charge is -2.26. The van der Waals surface area contributed by atoms with Gasteiger partial charge < -0.3 is 19.7 Å². The molecule has 3 N–H and O–H groups in total. The smallest absolute Gasteiger partial charge is 0.271 e. The van der Waals surface area contributed by atoms with Crippen LogP contribution < -0.4 is 4.74 Å². The fraction of sp³-hybridized carbons (Fsp3) is 0.241. The predicted molar refractivity (Wildman–Crippen MR) is 145 cm³/mol. The van der Waals surface area contributed by atoms with E-state index >= 15 is 0 Å². The molecular formula is C29H23N5O6. The van der Waals surface area contributed by atoms with Crippen LogP contribution in [0.2, 0.25) is 0 Å². The minimum atomic E-state index is -0.881. The highest BCUT2D eigenvalue weighted by atomic mass is 16.6. The maximum absolute atomic E-state index is 11.6. The zero-order valence-electron chi connectivity index (χ0n) is 21.3. The largest absolute Gasteiger partial charge is 0.494 e. The molecule has 7 rings (SSSR count). The second-order valence-corrected chi connectivity index (χ2v) is 10.4. The van der Waals surface area contributed by atoms with Crippen LogP contribution in [0.25, 0.3) is 32.2 Å². The number of aromatic nitrogens is 3. The van der Waals surface area contributed by atoms with Gasteiger partial charge in [0.2, 0.25) is 17.6 Å². The van der Waals surface area contributed by atoms with Crippen LogP contribution in [0.4, 0.5) is 11.4 Å². The van der Waals surface area contributed by atoms with E-state index in [0.29, 0.717) is 58.5 Å². The Labute approximate surface area is 227 Å². The third-order valence-electron chi connectivity index (χ3n) is 8.24. The first-order valence-corrected chi connectivity index (χ1v) is 12.8. The lowest BCUT2D eigenvalue weighted by atomic mass is 9.78. The summed E-state index contributed by atoms with van der Waals surface area (Å²) in [5.41, 5.74) is 0.943. The lowest BCUT2D eigenvalue weighted by Crippen LogP contribution is -2.25. The summed E-state index contributed by atoms with van der Waals surface area (Å²) in [6.45, 7) is 9.63. The molecule has 11 nitrogen and oxygen atoms in total. The van der Waals surface area contributed by atoms with Gasteiger partial charge in [-0.25, -0.2) is 4.85 Å². The molecule has 2 bridgehead atoms. The summed E-state index contributed by atoms with van der Waals surface area (Å²) < 4.78 is 14.0. The van der Waals surface area contributed by atoms with Crippen molar-refractivity contribution in [2.24, 2.45) is 0 Å². The number of ether oxygens (including phenoxy) is 2. The topological polar surface area (TPSA) is 140 Å². The summed E-state index contributed by atoms with van der Waals surface area (Å²) in [4.78, 5) is 14.2. The number of nitro groups is 1. The van der Waals surface area contributed by atoms with Crippen molar-refractivity contribution >= 4 is 33.1 Å². The molecule has 2 aliphatic rings. The number of H-pyrrole nitrogens is 1. The number of non-ortho nitro benzene ring substituents is 1. The Morgan fingerprint density at radius 3 is 2.67 bits per heavy atom. The number of nitrogens with one attached hydrogen (secondary N) is 1. The van der Waals surface area contributed by atoms with Crippen molar-refractivity contribution in [2.75, 3.05) is 6.61 Å². The molecule has 0 radical (unpaired) electrons. The van der Waals surface area contributed by atoms with Crippen molar-refractivity contribution < 1.29 is 24.6 Å². The molecule has 1 fully saturated rings. The highest BCUT2D eigenvalue weighted by molar-refractivity contribution is 6.00. The highest BCUT2D eigenvalue weighted by Crippen LogP contribution is 2.65. The van der Waals surface area contributed by atoms with Gasteiger partial charge in [0.05, 0.1) is 51.4 Å². The highest BCUT2D eigenvalue weighted by Gasteiger charge is 2.61. The van der Waals surface area contributed by atoms with Gasteiger partial charge in [-0.05, 0) is 42.7 Å². The third kappa shape index (κ3) is 3.17. The Hall–Kier alpha value is -5.08. The molecule has 0 amide bonds. The molecule has 11 heteroatoms. The Morgan fingerprint density at radius 2 is 1.90 bits per heavy atom. The second-order valence-electron chi connectivity index (χ2n) is 10.4. The third-order valence-corrected chi connectivity index (χ3v) is 8.24. The molecule has 200 valence electrons. The van der Waals surface area contributed by atoms with E-state index in [2.05, 4.69) is 15.0 Å². The normalized spacial score (nSPS) is 21.1. The number of hydrogen-bond acceptors (Lipinski definition) is 7. The van der Waals surface area contributed by atoms with E-state index in [1.54, 1.807) is 18.2 Å². The number of rotatable bonds is 6. The first-order chi connectivity index (χ1) is 19.3. The maximum Gasteiger partial charge on any atom is 0.271 e. The lowest BCUT2D eigenvalue weighted by molar-refractivity contribution is -0.384. The SMILES string of the molecule is [C-]#[N+]c1ccc(-n2c(O)c3c(c2O)C2(CCOc4n[nH]c5cc([N+](=O)[O-])ccc45)CCC3(C)O2)c2ccccc12. The van der Waals surface area contributed by atoms with E-state index in [4.69, 9.17) is 16.0 Å². The van der Waals surface area contributed by atoms with Crippen LogP contribution in [0, 0.1) is 16.7 Å². The molecule has 40 heavy (non-hydrogen) atoms. The molecule has 2 unspecified atom stereocenters. The van der Waals surface area contributed by atoms with Crippen LogP contribution >= 0.6 is 0 Å². The minimum absolute atomic E-state index is 0.0463. The summed E-state index contributed by atoms with van der Waals surface area (Å²) in [5, 5.41) is 43.2. The summed E-state index contributed by atoms with van der Waals surface area (Å²) in [6, 6.07) is 15.2. The van der Waals surface area contributed by atoms with Crippen LogP contribution in [0.1, 0.15) is 37.3 Å². The zero-order chi connectivity index (χ0) is 27.8. The number of nitro benzene ring substituents is 1. The summed E-state index contributed by atoms with van der Waals surface area (Å²) in [7, 11) is 0. The van der Waals surface area contributed by atoms with E-state index < -0.39 is 16.1 Å². The Balaban J connectivity index is 1.25. The maximum atomic E-state index is 11.6. The quantitative estimate of drug-likeness (QED) is 0.135. The van der Waals surface area contributed by atoms with E-state index in [-0.39, 0.29) is 24.1 Å². The molecule has 0 spiro atoms. The van der Waals surface area contributed by atoms with Gasteiger partial charge in [0.25, 0.3) is 5.69 Å². The van der Waals surface area contributed by atoms with Crippen LogP contribution in [0.15, 0.2) is 54.6 Å². The van der Waals surface area contributed by atoms with Crippen molar-refractivity contribution in [1.29, 1.82) is 0 Å². The first-order valence-electron chi connectivity index (χ1n) is 12.8. The summed E-state index contributed by atoms with van der Waals surface area (Å²) >= 11 is 0. The van der Waals surface area contributed by atoms with Gasteiger partial charge in [-0.3, -0.25) is 19.8 Å². The summed E-state index contributed by atoms with van der Waals surface area (Å²) in [6.07, 6.45) is 1.66. The number of aromatic hydroxyl groups is 2. The fourth-order valence-corrected chi connectivity index (χ4v) is 6.41. The monoisotopic (exact) mass is 537 g/mol. The van der Waals surface area contributed by atoms with Crippen LogP contribution in [-0.4, -0.2) is 36.5 Å². The van der Waals surface area contributed by atoms with Gasteiger partial charge in [-0.2, -0.15) is 0 Å². The average Bonchev–Trinajstić information content (AvgIpc) is 3.66. The Morgan fingerprint density at radius 1 is 1.12 bits per heavy atom.